The molecule has 0 bridgehead atoms. The molecule has 1 aliphatic rings. The standard InChI is InChI=1S/C9H14O2S/c1-9(2,3)12-6-4-5-7(12)8(10)11/h4-6,12H,1-3H3,(H,10,11). The van der Waals surface area contributed by atoms with Crippen molar-refractivity contribution in [3.63, 3.8) is 0 Å². The second kappa shape index (κ2) is 2.98. The lowest BCUT2D eigenvalue weighted by Gasteiger charge is -2.30. The van der Waals surface area contributed by atoms with Gasteiger partial charge in [-0.3, -0.25) is 0 Å². The fraction of sp³-hybridized carbons (Fsp3) is 0.444. The third-order valence-electron chi connectivity index (χ3n) is 1.69. The molecule has 2 nitrogen and oxygen atoms in total. The molecule has 0 aromatic carbocycles. The van der Waals surface area contributed by atoms with E-state index in [9.17, 15) is 4.79 Å². The molecule has 0 saturated heterocycles. The van der Waals surface area contributed by atoms with Crippen molar-refractivity contribution >= 4 is 16.9 Å². The van der Waals surface area contributed by atoms with Gasteiger partial charge in [-0.05, 0) is 16.2 Å². The van der Waals surface area contributed by atoms with E-state index < -0.39 is 16.9 Å². The summed E-state index contributed by atoms with van der Waals surface area (Å²) in [6.45, 7) is 6.22. The van der Waals surface area contributed by atoms with Crippen molar-refractivity contribution in [2.24, 2.45) is 0 Å². The first kappa shape index (κ1) is 9.39. The maximum absolute atomic E-state index is 10.8. The number of rotatable bonds is 1. The molecule has 1 rings (SSSR count). The Bertz CT molecular complexity index is 258. The molecule has 1 aliphatic heterocycles. The SMILES string of the molecule is CC(C)(C)[SH]1C=CC=C1C(=O)O. The number of allylic oxidation sites excluding steroid dienone is 2. The van der Waals surface area contributed by atoms with E-state index in [1.807, 2.05) is 11.5 Å². The lowest BCUT2D eigenvalue weighted by molar-refractivity contribution is -0.131. The van der Waals surface area contributed by atoms with Gasteiger partial charge in [-0.25, -0.2) is 4.79 Å². The Morgan fingerprint density at radius 3 is 2.42 bits per heavy atom. The topological polar surface area (TPSA) is 37.3 Å². The lowest BCUT2D eigenvalue weighted by atomic mass is 10.3. The third-order valence-corrected chi connectivity index (χ3v) is 4.47. The highest BCUT2D eigenvalue weighted by Gasteiger charge is 2.27. The average Bonchev–Trinajstić information content (AvgIpc) is 2.30. The van der Waals surface area contributed by atoms with Gasteiger partial charge in [0.15, 0.2) is 0 Å². The number of aliphatic carboxylic acids is 1. The number of thiol groups is 1. The summed E-state index contributed by atoms with van der Waals surface area (Å²) in [6.07, 6.45) is 3.56. The van der Waals surface area contributed by atoms with Gasteiger partial charge >= 0.3 is 5.97 Å². The van der Waals surface area contributed by atoms with Crippen LogP contribution in [0.2, 0.25) is 0 Å². The summed E-state index contributed by atoms with van der Waals surface area (Å²) in [4.78, 5) is 11.3. The van der Waals surface area contributed by atoms with Crippen LogP contribution in [-0.4, -0.2) is 15.8 Å². The van der Waals surface area contributed by atoms with Gasteiger partial charge in [-0.1, -0.05) is 26.8 Å². The smallest absolute Gasteiger partial charge is 0.340 e. The van der Waals surface area contributed by atoms with E-state index in [-0.39, 0.29) is 4.75 Å². The fourth-order valence-corrected chi connectivity index (χ4v) is 3.18. The minimum Gasteiger partial charge on any atom is -0.477 e. The Morgan fingerprint density at radius 1 is 1.50 bits per heavy atom. The highest BCUT2D eigenvalue weighted by molar-refractivity contribution is 8.24. The first-order valence-corrected chi connectivity index (χ1v) is 5.25. The van der Waals surface area contributed by atoms with E-state index in [1.54, 1.807) is 6.08 Å². The van der Waals surface area contributed by atoms with Gasteiger partial charge in [-0.2, -0.15) is 10.9 Å². The molecule has 12 heavy (non-hydrogen) atoms. The summed E-state index contributed by atoms with van der Waals surface area (Å²) < 4.78 is 0.0621. The van der Waals surface area contributed by atoms with Crippen LogP contribution in [0, 0.1) is 0 Å². The Labute approximate surface area is 75.3 Å². The van der Waals surface area contributed by atoms with Gasteiger partial charge < -0.3 is 5.11 Å². The second-order valence-electron chi connectivity index (χ2n) is 3.74. The Balaban J connectivity index is 2.88. The molecule has 1 heterocycles. The predicted octanol–water partition coefficient (Wildman–Crippen LogP) is 2.28. The first-order valence-electron chi connectivity index (χ1n) is 3.84. The van der Waals surface area contributed by atoms with Crippen LogP contribution >= 0.6 is 10.9 Å². The van der Waals surface area contributed by atoms with Gasteiger partial charge in [0.05, 0.1) is 4.91 Å². The van der Waals surface area contributed by atoms with Crippen molar-refractivity contribution < 1.29 is 9.90 Å². The fourth-order valence-electron chi connectivity index (χ4n) is 1.14. The maximum Gasteiger partial charge on any atom is 0.340 e. The largest absolute Gasteiger partial charge is 0.477 e. The first-order chi connectivity index (χ1) is 5.43. The summed E-state index contributed by atoms with van der Waals surface area (Å²) in [5.41, 5.74) is 0. The summed E-state index contributed by atoms with van der Waals surface area (Å²) >= 11 is 0. The minimum atomic E-state index is -0.777. The molecule has 0 aromatic rings. The van der Waals surface area contributed by atoms with E-state index >= 15 is 0 Å². The molecule has 0 saturated carbocycles. The van der Waals surface area contributed by atoms with Gasteiger partial charge in [0, 0.05) is 0 Å². The van der Waals surface area contributed by atoms with Crippen molar-refractivity contribution in [3.05, 3.63) is 22.5 Å². The van der Waals surface area contributed by atoms with E-state index in [0.29, 0.717) is 4.91 Å². The van der Waals surface area contributed by atoms with Crippen LogP contribution in [0.15, 0.2) is 22.5 Å². The van der Waals surface area contributed by atoms with Crippen LogP contribution < -0.4 is 0 Å². The van der Waals surface area contributed by atoms with Crippen LogP contribution in [0.5, 0.6) is 0 Å². The molecule has 1 N–H and O–H groups in total. The monoisotopic (exact) mass is 186 g/mol. The number of hydrogen-bond donors (Lipinski definition) is 2. The van der Waals surface area contributed by atoms with E-state index in [1.165, 1.54) is 0 Å². The van der Waals surface area contributed by atoms with Gasteiger partial charge in [0.25, 0.3) is 0 Å². The van der Waals surface area contributed by atoms with Gasteiger partial charge in [0.1, 0.15) is 0 Å². The second-order valence-corrected chi connectivity index (χ2v) is 6.60. The van der Waals surface area contributed by atoms with Crippen LogP contribution in [0.4, 0.5) is 0 Å². The maximum atomic E-state index is 10.8. The molecular weight excluding hydrogens is 172 g/mol. The van der Waals surface area contributed by atoms with Crippen LogP contribution in [-0.2, 0) is 4.79 Å². The molecule has 0 amide bonds. The van der Waals surface area contributed by atoms with Crippen molar-refractivity contribution in [1.82, 2.24) is 0 Å². The quantitative estimate of drug-likeness (QED) is 0.616. The third kappa shape index (κ3) is 1.72. The summed E-state index contributed by atoms with van der Waals surface area (Å²) in [6, 6.07) is 0. The lowest BCUT2D eigenvalue weighted by Crippen LogP contribution is -2.16. The Hall–Kier alpha value is -0.700. The van der Waals surface area contributed by atoms with Crippen molar-refractivity contribution in [2.45, 2.75) is 25.5 Å². The van der Waals surface area contributed by atoms with Crippen molar-refractivity contribution in [2.75, 3.05) is 0 Å². The number of hydrogen-bond acceptors (Lipinski definition) is 1. The zero-order valence-corrected chi connectivity index (χ0v) is 8.43. The summed E-state index contributed by atoms with van der Waals surface area (Å²) in [7, 11) is -0.608. The molecule has 0 fully saturated rings. The molecule has 0 radical (unpaired) electrons. The molecule has 0 aliphatic carbocycles. The van der Waals surface area contributed by atoms with Crippen LogP contribution in [0.25, 0.3) is 0 Å². The normalized spacial score (nSPS) is 25.6. The van der Waals surface area contributed by atoms with Gasteiger partial charge in [0.2, 0.25) is 0 Å². The minimum absolute atomic E-state index is 0.0621. The highest BCUT2D eigenvalue weighted by Crippen LogP contribution is 2.51. The number of carbonyl (C=O) groups is 1. The molecule has 0 spiro atoms. The summed E-state index contributed by atoms with van der Waals surface area (Å²) in [5, 5.41) is 10.9. The highest BCUT2D eigenvalue weighted by atomic mass is 32.2. The Kier molecular flexibility index (Phi) is 2.33. The molecule has 1 unspecified atom stereocenters. The zero-order valence-electron chi connectivity index (χ0n) is 7.53. The average molecular weight is 186 g/mol. The van der Waals surface area contributed by atoms with Crippen LogP contribution in [0.3, 0.4) is 0 Å². The van der Waals surface area contributed by atoms with E-state index in [0.717, 1.165) is 0 Å². The predicted molar refractivity (Wildman–Crippen MR) is 53.6 cm³/mol. The van der Waals surface area contributed by atoms with Crippen LogP contribution in [0.1, 0.15) is 20.8 Å². The van der Waals surface area contributed by atoms with Crippen molar-refractivity contribution in [3.8, 4) is 0 Å². The summed E-state index contributed by atoms with van der Waals surface area (Å²) in [5.74, 6) is -0.777. The number of carboxylic acid groups (broad SMARTS) is 1. The molecule has 1 atom stereocenters. The molecule has 0 aromatic heterocycles. The molecular formula is C9H14O2S. The Morgan fingerprint density at radius 2 is 2.08 bits per heavy atom. The number of carboxylic acids is 1. The van der Waals surface area contributed by atoms with Gasteiger partial charge in [-0.15, -0.1) is 0 Å². The molecule has 68 valence electrons. The molecule has 3 heteroatoms. The van der Waals surface area contributed by atoms with Crippen molar-refractivity contribution in [1.29, 1.82) is 0 Å². The van der Waals surface area contributed by atoms with E-state index in [2.05, 4.69) is 20.8 Å². The van der Waals surface area contributed by atoms with E-state index in [4.69, 9.17) is 5.11 Å². The zero-order chi connectivity index (χ0) is 9.35.